The van der Waals surface area contributed by atoms with Crippen LogP contribution < -0.4 is 0 Å². The van der Waals surface area contributed by atoms with Gasteiger partial charge in [-0.2, -0.15) is 0 Å². The lowest BCUT2D eigenvalue weighted by atomic mass is 9.91. The fraction of sp³-hybridized carbons (Fsp3) is 0.235. The van der Waals surface area contributed by atoms with Gasteiger partial charge in [-0.25, -0.2) is 0 Å². The summed E-state index contributed by atoms with van der Waals surface area (Å²) in [4.78, 5) is 0. The predicted molar refractivity (Wildman–Crippen MR) is 82.9 cm³/mol. The Labute approximate surface area is 123 Å². The molecule has 1 nitrogen and oxygen atoms in total. The fourth-order valence-corrected chi connectivity index (χ4v) is 2.69. The summed E-state index contributed by atoms with van der Waals surface area (Å²) >= 11 is 3.46. The van der Waals surface area contributed by atoms with Crippen LogP contribution in [0.5, 0.6) is 0 Å². The Kier molecular flexibility index (Phi) is 4.78. The van der Waals surface area contributed by atoms with Crippen LogP contribution in [0.4, 0.5) is 0 Å². The van der Waals surface area contributed by atoms with E-state index >= 15 is 0 Å². The Bertz CT molecular complexity index is 548. The number of halogens is 1. The van der Waals surface area contributed by atoms with E-state index in [1.807, 2.05) is 42.5 Å². The molecule has 0 bridgehead atoms. The average molecular weight is 318 g/mol. The van der Waals surface area contributed by atoms with Gasteiger partial charge in [0.1, 0.15) is 0 Å². The van der Waals surface area contributed by atoms with Crippen molar-refractivity contribution in [3.63, 3.8) is 0 Å². The van der Waals surface area contributed by atoms with Crippen LogP contribution in [0.3, 0.4) is 0 Å². The minimum atomic E-state index is -0.472. The number of rotatable bonds is 4. The normalized spacial score (nSPS) is 12.7. The van der Waals surface area contributed by atoms with Gasteiger partial charge < -0.3 is 5.11 Å². The van der Waals surface area contributed by atoms with E-state index in [9.17, 15) is 5.11 Å². The molecule has 0 aromatic heterocycles. The molecular formula is C17H18BrO. The summed E-state index contributed by atoms with van der Waals surface area (Å²) < 4.78 is 1.05. The van der Waals surface area contributed by atoms with Gasteiger partial charge in [0.2, 0.25) is 0 Å². The summed E-state index contributed by atoms with van der Waals surface area (Å²) in [5, 5.41) is 10.5. The molecule has 0 aliphatic carbocycles. The molecule has 1 radical (unpaired) electrons. The van der Waals surface area contributed by atoms with Crippen molar-refractivity contribution in [1.29, 1.82) is 0 Å². The molecule has 2 aromatic carbocycles. The molecule has 2 rings (SSSR count). The quantitative estimate of drug-likeness (QED) is 0.867. The Morgan fingerprint density at radius 2 is 1.84 bits per heavy atom. The van der Waals surface area contributed by atoms with Crippen LogP contribution in [0.15, 0.2) is 53.0 Å². The molecule has 2 heteroatoms. The lowest BCUT2D eigenvalue weighted by Crippen LogP contribution is -2.06. The van der Waals surface area contributed by atoms with Crippen LogP contribution in [-0.2, 0) is 6.42 Å². The van der Waals surface area contributed by atoms with Crippen LogP contribution in [-0.4, -0.2) is 5.11 Å². The number of hydrogen-bond acceptors (Lipinski definition) is 1. The van der Waals surface area contributed by atoms with Gasteiger partial charge in [0, 0.05) is 10.9 Å². The molecule has 0 fully saturated rings. The lowest BCUT2D eigenvalue weighted by Gasteiger charge is -2.17. The van der Waals surface area contributed by atoms with Gasteiger partial charge in [0.25, 0.3) is 0 Å². The second kappa shape index (κ2) is 6.36. The zero-order valence-corrected chi connectivity index (χ0v) is 12.8. The third-order valence-corrected chi connectivity index (χ3v) is 3.67. The molecule has 99 valence electrons. The van der Waals surface area contributed by atoms with E-state index in [0.29, 0.717) is 6.42 Å². The van der Waals surface area contributed by atoms with Crippen LogP contribution in [0.1, 0.15) is 36.6 Å². The van der Waals surface area contributed by atoms with Crippen molar-refractivity contribution in [3.8, 4) is 0 Å². The maximum atomic E-state index is 10.5. The molecule has 0 saturated heterocycles. The summed E-state index contributed by atoms with van der Waals surface area (Å²) in [6.45, 7) is 4.15. The number of aliphatic hydroxyl groups excluding tert-OH is 1. The maximum absolute atomic E-state index is 10.5. The van der Waals surface area contributed by atoms with Crippen molar-refractivity contribution in [2.45, 2.75) is 26.4 Å². The first-order chi connectivity index (χ1) is 9.08. The standard InChI is InChI=1S/C17H18BrO/c1-12(2)15-8-3-4-9-16(15)17(19)11-13-6-5-7-14(18)10-13/h3-10,17,19H,11H2,1-2H3. The number of aliphatic hydroxyl groups is 1. The molecule has 1 unspecified atom stereocenters. The third-order valence-electron chi connectivity index (χ3n) is 3.18. The van der Waals surface area contributed by atoms with E-state index in [0.717, 1.165) is 21.2 Å². The first-order valence-corrected chi connectivity index (χ1v) is 7.19. The number of hydrogen-bond donors (Lipinski definition) is 1. The summed E-state index contributed by atoms with van der Waals surface area (Å²) in [6, 6.07) is 16.1. The highest BCUT2D eigenvalue weighted by Crippen LogP contribution is 2.27. The van der Waals surface area contributed by atoms with E-state index in [-0.39, 0.29) is 0 Å². The highest BCUT2D eigenvalue weighted by molar-refractivity contribution is 9.10. The molecule has 0 spiro atoms. The zero-order valence-electron chi connectivity index (χ0n) is 11.2. The van der Waals surface area contributed by atoms with E-state index in [1.165, 1.54) is 5.92 Å². The molecule has 1 N–H and O–H groups in total. The van der Waals surface area contributed by atoms with Crippen molar-refractivity contribution >= 4 is 15.9 Å². The Morgan fingerprint density at radius 1 is 1.11 bits per heavy atom. The average Bonchev–Trinajstić information content (AvgIpc) is 2.38. The molecule has 0 saturated carbocycles. The molecule has 0 amide bonds. The van der Waals surface area contributed by atoms with Crippen LogP contribution in [0.2, 0.25) is 0 Å². The first-order valence-electron chi connectivity index (χ1n) is 6.40. The van der Waals surface area contributed by atoms with Gasteiger partial charge >= 0.3 is 0 Å². The van der Waals surface area contributed by atoms with Gasteiger partial charge in [-0.1, -0.05) is 66.2 Å². The maximum Gasteiger partial charge on any atom is 0.0833 e. The van der Waals surface area contributed by atoms with Gasteiger partial charge in [-0.15, -0.1) is 0 Å². The predicted octanol–water partition coefficient (Wildman–Crippen LogP) is 4.69. The Hall–Kier alpha value is -1.12. The largest absolute Gasteiger partial charge is 0.388 e. The van der Waals surface area contributed by atoms with Crippen molar-refractivity contribution in [2.24, 2.45) is 0 Å². The van der Waals surface area contributed by atoms with Gasteiger partial charge in [-0.3, -0.25) is 0 Å². The molecule has 0 aliphatic rings. The molecule has 0 heterocycles. The van der Waals surface area contributed by atoms with Crippen LogP contribution >= 0.6 is 15.9 Å². The highest BCUT2D eigenvalue weighted by atomic mass is 79.9. The summed E-state index contributed by atoms with van der Waals surface area (Å²) in [7, 11) is 0. The third kappa shape index (κ3) is 3.68. The topological polar surface area (TPSA) is 20.2 Å². The molecule has 2 aromatic rings. The minimum absolute atomic E-state index is 0.472. The second-order valence-electron chi connectivity index (χ2n) is 4.94. The first kappa shape index (κ1) is 14.3. The van der Waals surface area contributed by atoms with E-state index < -0.39 is 6.10 Å². The molecule has 19 heavy (non-hydrogen) atoms. The van der Waals surface area contributed by atoms with Gasteiger partial charge in [0.05, 0.1) is 6.10 Å². The SMILES string of the molecule is C[C](C)c1ccccc1C(O)Cc1cccc(Br)c1. The van der Waals surface area contributed by atoms with Crippen LogP contribution in [0.25, 0.3) is 0 Å². The molecular weight excluding hydrogens is 300 g/mol. The van der Waals surface area contributed by atoms with E-state index in [4.69, 9.17) is 0 Å². The second-order valence-corrected chi connectivity index (χ2v) is 5.85. The monoisotopic (exact) mass is 317 g/mol. The van der Waals surface area contributed by atoms with Gasteiger partial charge in [-0.05, 0) is 34.7 Å². The van der Waals surface area contributed by atoms with E-state index in [1.54, 1.807) is 0 Å². The number of benzene rings is 2. The lowest BCUT2D eigenvalue weighted by molar-refractivity contribution is 0.177. The van der Waals surface area contributed by atoms with Crippen molar-refractivity contribution in [2.75, 3.05) is 0 Å². The molecule has 1 atom stereocenters. The highest BCUT2D eigenvalue weighted by Gasteiger charge is 2.14. The smallest absolute Gasteiger partial charge is 0.0833 e. The van der Waals surface area contributed by atoms with Gasteiger partial charge in [0.15, 0.2) is 0 Å². The summed E-state index contributed by atoms with van der Waals surface area (Å²) in [6.07, 6.45) is 0.157. The van der Waals surface area contributed by atoms with Crippen molar-refractivity contribution in [3.05, 3.63) is 75.6 Å². The van der Waals surface area contributed by atoms with Crippen LogP contribution in [0, 0.1) is 5.92 Å². The fourth-order valence-electron chi connectivity index (χ4n) is 2.24. The zero-order chi connectivity index (χ0) is 13.8. The van der Waals surface area contributed by atoms with E-state index in [2.05, 4.69) is 35.8 Å². The van der Waals surface area contributed by atoms with Crippen molar-refractivity contribution in [1.82, 2.24) is 0 Å². The Morgan fingerprint density at radius 3 is 2.53 bits per heavy atom. The minimum Gasteiger partial charge on any atom is -0.388 e. The summed E-state index contributed by atoms with van der Waals surface area (Å²) in [5.41, 5.74) is 3.28. The molecule has 0 aliphatic heterocycles. The summed E-state index contributed by atoms with van der Waals surface area (Å²) in [5.74, 6) is 1.23. The Balaban J connectivity index is 2.23. The van der Waals surface area contributed by atoms with Crippen molar-refractivity contribution < 1.29 is 5.11 Å².